The zero-order chi connectivity index (χ0) is 18.6. The van der Waals surface area contributed by atoms with E-state index in [1.54, 1.807) is 25.1 Å². The summed E-state index contributed by atoms with van der Waals surface area (Å²) in [5.74, 6) is 0.373. The zero-order valence-corrected chi connectivity index (χ0v) is 15.2. The van der Waals surface area contributed by atoms with Gasteiger partial charge < -0.3 is 10.1 Å². The molecule has 25 heavy (non-hydrogen) atoms. The van der Waals surface area contributed by atoms with E-state index in [4.69, 9.17) is 9.88 Å². The number of aryl methyl sites for hydroxylation is 1. The van der Waals surface area contributed by atoms with Crippen molar-refractivity contribution in [3.05, 3.63) is 59.7 Å². The van der Waals surface area contributed by atoms with Crippen molar-refractivity contribution in [3.63, 3.8) is 0 Å². The second-order valence-corrected chi connectivity index (χ2v) is 7.48. The van der Waals surface area contributed by atoms with E-state index in [-0.39, 0.29) is 16.8 Å². The Morgan fingerprint density at radius 3 is 2.32 bits per heavy atom. The number of hydrogen-bond donors (Lipinski definition) is 2. The molecule has 0 unspecified atom stereocenters. The van der Waals surface area contributed by atoms with Gasteiger partial charge in [0.15, 0.2) is 6.10 Å². The molecule has 1 amide bonds. The monoisotopic (exact) mass is 362 g/mol. The van der Waals surface area contributed by atoms with Crippen molar-refractivity contribution in [3.8, 4) is 5.75 Å². The van der Waals surface area contributed by atoms with Crippen molar-refractivity contribution in [1.29, 1.82) is 0 Å². The molecule has 2 aromatic rings. The molecule has 0 spiro atoms. The average molecular weight is 362 g/mol. The van der Waals surface area contributed by atoms with Crippen molar-refractivity contribution in [2.24, 2.45) is 5.14 Å². The predicted molar refractivity (Wildman–Crippen MR) is 95.6 cm³/mol. The molecule has 2 aromatic carbocycles. The Morgan fingerprint density at radius 2 is 1.76 bits per heavy atom. The minimum Gasteiger partial charge on any atom is -0.481 e. The summed E-state index contributed by atoms with van der Waals surface area (Å²) in [4.78, 5) is 12.3. The number of primary sulfonamides is 1. The second-order valence-electron chi connectivity index (χ2n) is 5.92. The summed E-state index contributed by atoms with van der Waals surface area (Å²) in [6.07, 6.45) is -0.659. The van der Waals surface area contributed by atoms with E-state index in [2.05, 4.69) is 5.32 Å². The fourth-order valence-corrected chi connectivity index (χ4v) is 2.82. The summed E-state index contributed by atoms with van der Waals surface area (Å²) in [5.41, 5.74) is 1.82. The van der Waals surface area contributed by atoms with Gasteiger partial charge in [-0.2, -0.15) is 0 Å². The number of amides is 1. The quantitative estimate of drug-likeness (QED) is 0.823. The molecule has 7 heteroatoms. The standard InChI is InChI=1S/C18H22N2O4S/c1-12-5-4-6-16(11-12)24-14(3)18(21)20-13(2)15-7-9-17(10-8-15)25(19,22)23/h4-11,13-14H,1-3H3,(H,20,21)(H2,19,22,23)/t13-,14-/m0/s1. The van der Waals surface area contributed by atoms with Crippen molar-refractivity contribution >= 4 is 15.9 Å². The maximum absolute atomic E-state index is 12.3. The molecule has 0 saturated carbocycles. The second kappa shape index (κ2) is 7.67. The Hall–Kier alpha value is -2.38. The Labute approximate surface area is 148 Å². The van der Waals surface area contributed by atoms with E-state index < -0.39 is 16.1 Å². The molecule has 0 aliphatic heterocycles. The van der Waals surface area contributed by atoms with Gasteiger partial charge in [-0.3, -0.25) is 4.79 Å². The predicted octanol–water partition coefficient (Wildman–Crippen LogP) is 2.29. The fourth-order valence-electron chi connectivity index (χ4n) is 2.31. The maximum atomic E-state index is 12.3. The van der Waals surface area contributed by atoms with Crippen molar-refractivity contribution < 1.29 is 17.9 Å². The van der Waals surface area contributed by atoms with Gasteiger partial charge in [0.25, 0.3) is 5.91 Å². The van der Waals surface area contributed by atoms with E-state index in [0.29, 0.717) is 5.75 Å². The molecule has 0 saturated heterocycles. The SMILES string of the molecule is Cc1cccc(O[C@@H](C)C(=O)N[C@@H](C)c2ccc(S(N)(=O)=O)cc2)c1. The van der Waals surface area contributed by atoms with Crippen LogP contribution < -0.4 is 15.2 Å². The highest BCUT2D eigenvalue weighted by atomic mass is 32.2. The highest BCUT2D eigenvalue weighted by Gasteiger charge is 2.18. The van der Waals surface area contributed by atoms with Crippen LogP contribution in [0.4, 0.5) is 0 Å². The number of nitrogens with one attached hydrogen (secondary N) is 1. The lowest BCUT2D eigenvalue weighted by atomic mass is 10.1. The molecule has 2 atom stereocenters. The maximum Gasteiger partial charge on any atom is 0.261 e. The number of sulfonamides is 1. The largest absolute Gasteiger partial charge is 0.481 e. The number of ether oxygens (including phenoxy) is 1. The molecular formula is C18H22N2O4S. The van der Waals surface area contributed by atoms with Crippen molar-refractivity contribution in [1.82, 2.24) is 5.32 Å². The Morgan fingerprint density at radius 1 is 1.12 bits per heavy atom. The van der Waals surface area contributed by atoms with E-state index in [9.17, 15) is 13.2 Å². The van der Waals surface area contributed by atoms with Gasteiger partial charge in [0.2, 0.25) is 10.0 Å². The Bertz CT molecular complexity index is 848. The lowest BCUT2D eigenvalue weighted by Gasteiger charge is -2.19. The van der Waals surface area contributed by atoms with Crippen LogP contribution in [0.5, 0.6) is 5.75 Å². The van der Waals surface area contributed by atoms with Gasteiger partial charge in [-0.1, -0.05) is 24.3 Å². The highest BCUT2D eigenvalue weighted by molar-refractivity contribution is 7.89. The summed E-state index contributed by atoms with van der Waals surface area (Å²) in [7, 11) is -3.73. The van der Waals surface area contributed by atoms with Crippen LogP contribution in [-0.2, 0) is 14.8 Å². The number of carbonyl (C=O) groups is 1. The minimum atomic E-state index is -3.73. The van der Waals surface area contributed by atoms with Crippen LogP contribution in [0, 0.1) is 6.92 Å². The first-order chi connectivity index (χ1) is 11.7. The molecule has 3 N–H and O–H groups in total. The normalized spacial score (nSPS) is 13.8. The molecule has 6 nitrogen and oxygen atoms in total. The van der Waals surface area contributed by atoms with E-state index in [1.165, 1.54) is 12.1 Å². The Balaban J connectivity index is 1.99. The number of benzene rings is 2. The third kappa shape index (κ3) is 5.30. The molecule has 0 bridgehead atoms. The average Bonchev–Trinajstić information content (AvgIpc) is 2.54. The van der Waals surface area contributed by atoms with Crippen LogP contribution in [0.25, 0.3) is 0 Å². The number of carbonyl (C=O) groups excluding carboxylic acids is 1. The van der Waals surface area contributed by atoms with E-state index in [0.717, 1.165) is 11.1 Å². The summed E-state index contributed by atoms with van der Waals surface area (Å²) in [5, 5.41) is 7.92. The van der Waals surface area contributed by atoms with Gasteiger partial charge in [0.1, 0.15) is 5.75 Å². The molecule has 134 valence electrons. The van der Waals surface area contributed by atoms with Crippen molar-refractivity contribution in [2.45, 2.75) is 37.8 Å². The molecule has 0 radical (unpaired) electrons. The van der Waals surface area contributed by atoms with Crippen LogP contribution in [0.3, 0.4) is 0 Å². The fraction of sp³-hybridized carbons (Fsp3) is 0.278. The van der Waals surface area contributed by atoms with Gasteiger partial charge in [0.05, 0.1) is 10.9 Å². The molecule has 0 fully saturated rings. The smallest absolute Gasteiger partial charge is 0.261 e. The first-order valence-corrected chi connectivity index (χ1v) is 9.38. The molecule has 2 rings (SSSR count). The molecule has 0 aromatic heterocycles. The number of rotatable bonds is 6. The van der Waals surface area contributed by atoms with Gasteiger partial charge in [0, 0.05) is 0 Å². The summed E-state index contributed by atoms with van der Waals surface area (Å²) in [6.45, 7) is 5.43. The minimum absolute atomic E-state index is 0.0333. The molecule has 0 aliphatic rings. The van der Waals surface area contributed by atoms with Crippen molar-refractivity contribution in [2.75, 3.05) is 0 Å². The lowest BCUT2D eigenvalue weighted by molar-refractivity contribution is -0.127. The van der Waals surface area contributed by atoms with Gasteiger partial charge in [-0.15, -0.1) is 0 Å². The molecule has 0 aliphatic carbocycles. The molecule has 0 heterocycles. The van der Waals surface area contributed by atoms with Gasteiger partial charge in [-0.25, -0.2) is 13.6 Å². The third-order valence-electron chi connectivity index (χ3n) is 3.74. The van der Waals surface area contributed by atoms with E-state index in [1.807, 2.05) is 32.0 Å². The summed E-state index contributed by atoms with van der Waals surface area (Å²) in [6, 6.07) is 13.2. The first kappa shape index (κ1) is 19.0. The van der Waals surface area contributed by atoms with Gasteiger partial charge >= 0.3 is 0 Å². The number of nitrogens with two attached hydrogens (primary N) is 1. The topological polar surface area (TPSA) is 98.5 Å². The zero-order valence-electron chi connectivity index (χ0n) is 14.4. The molecular weight excluding hydrogens is 340 g/mol. The van der Waals surface area contributed by atoms with Crippen LogP contribution in [-0.4, -0.2) is 20.4 Å². The lowest BCUT2D eigenvalue weighted by Crippen LogP contribution is -2.37. The first-order valence-electron chi connectivity index (χ1n) is 7.83. The van der Waals surface area contributed by atoms with Crippen LogP contribution in [0.2, 0.25) is 0 Å². The number of hydrogen-bond acceptors (Lipinski definition) is 4. The van der Waals surface area contributed by atoms with Gasteiger partial charge in [-0.05, 0) is 56.2 Å². The van der Waals surface area contributed by atoms with E-state index >= 15 is 0 Å². The van der Waals surface area contributed by atoms with Crippen LogP contribution in [0.1, 0.15) is 31.0 Å². The summed E-state index contributed by atoms with van der Waals surface area (Å²) < 4.78 is 28.2. The highest BCUT2D eigenvalue weighted by Crippen LogP contribution is 2.17. The third-order valence-corrected chi connectivity index (χ3v) is 4.67. The van der Waals surface area contributed by atoms with Crippen LogP contribution in [0.15, 0.2) is 53.4 Å². The summed E-state index contributed by atoms with van der Waals surface area (Å²) >= 11 is 0. The Kier molecular flexibility index (Phi) is 5.81. The van der Waals surface area contributed by atoms with Crippen LogP contribution >= 0.6 is 0 Å².